The van der Waals surface area contributed by atoms with Gasteiger partial charge in [-0.2, -0.15) is 0 Å². The molecule has 1 aromatic carbocycles. The van der Waals surface area contributed by atoms with Crippen molar-refractivity contribution in [2.24, 2.45) is 5.92 Å². The fraction of sp³-hybridized carbons (Fsp3) is 0.524. The Balaban J connectivity index is 1.44. The van der Waals surface area contributed by atoms with Crippen LogP contribution in [0.2, 0.25) is 0 Å². The van der Waals surface area contributed by atoms with Crippen molar-refractivity contribution in [2.75, 3.05) is 19.6 Å². The number of fused-ring (bicyclic) bond motifs is 1. The van der Waals surface area contributed by atoms with Crippen LogP contribution in [0.5, 0.6) is 0 Å². The van der Waals surface area contributed by atoms with Crippen LogP contribution < -0.4 is 0 Å². The molecule has 144 valence electrons. The Morgan fingerprint density at radius 1 is 1.37 bits per heavy atom. The van der Waals surface area contributed by atoms with Crippen molar-refractivity contribution >= 4 is 5.91 Å². The Hall–Kier alpha value is -2.21. The number of halogens is 1. The van der Waals surface area contributed by atoms with Gasteiger partial charge in [0.1, 0.15) is 11.6 Å². The van der Waals surface area contributed by atoms with Crippen LogP contribution in [-0.2, 0) is 19.5 Å². The smallest absolute Gasteiger partial charge is 0.309 e. The third-order valence-corrected chi connectivity index (χ3v) is 5.56. The number of likely N-dealkylation sites (tertiary alicyclic amines) is 1. The number of carbonyl (C=O) groups excluding carboxylic acids is 1. The van der Waals surface area contributed by atoms with Gasteiger partial charge in [0.15, 0.2) is 0 Å². The van der Waals surface area contributed by atoms with Crippen LogP contribution in [-0.4, -0.2) is 40.3 Å². The van der Waals surface area contributed by atoms with E-state index in [-0.39, 0.29) is 17.6 Å². The lowest BCUT2D eigenvalue weighted by Crippen LogP contribution is -2.39. The van der Waals surface area contributed by atoms with Crippen LogP contribution >= 0.6 is 0 Å². The van der Waals surface area contributed by atoms with Gasteiger partial charge in [-0.05, 0) is 42.9 Å². The number of rotatable bonds is 3. The van der Waals surface area contributed by atoms with Crippen molar-refractivity contribution in [1.82, 2.24) is 14.8 Å². The van der Waals surface area contributed by atoms with Crippen LogP contribution in [0.4, 0.5) is 4.39 Å². The number of hydrogen-bond donors (Lipinski definition) is 0. The van der Waals surface area contributed by atoms with E-state index < -0.39 is 0 Å². The molecule has 0 spiro atoms. The fourth-order valence-corrected chi connectivity index (χ4v) is 4.05. The first-order chi connectivity index (χ1) is 13.0. The fourth-order valence-electron chi connectivity index (χ4n) is 4.05. The molecule has 6 heteroatoms. The summed E-state index contributed by atoms with van der Waals surface area (Å²) in [6, 6.07) is 5.24. The number of amides is 1. The van der Waals surface area contributed by atoms with Gasteiger partial charge in [-0.15, -0.1) is 0 Å². The number of piperidine rings is 1. The molecule has 2 aromatic rings. The van der Waals surface area contributed by atoms with E-state index in [0.29, 0.717) is 18.0 Å². The van der Waals surface area contributed by atoms with Crippen molar-refractivity contribution in [1.29, 1.82) is 0 Å². The third kappa shape index (κ3) is 3.90. The van der Waals surface area contributed by atoms with Crippen LogP contribution in [0, 0.1) is 18.7 Å². The van der Waals surface area contributed by atoms with Gasteiger partial charge in [-0.3, -0.25) is 9.69 Å². The van der Waals surface area contributed by atoms with E-state index in [2.05, 4.69) is 16.8 Å². The van der Waals surface area contributed by atoms with E-state index >= 15 is 0 Å². The number of nitrogens with zero attached hydrogens (tertiary/aromatic N) is 3. The van der Waals surface area contributed by atoms with Gasteiger partial charge in [0, 0.05) is 39.1 Å². The van der Waals surface area contributed by atoms with E-state index in [0.717, 1.165) is 56.0 Å². The molecule has 1 amide bonds. The third-order valence-electron chi connectivity index (χ3n) is 5.56. The molecule has 3 heterocycles. The maximum atomic E-state index is 13.5. The van der Waals surface area contributed by atoms with Crippen molar-refractivity contribution in [3.8, 4) is 0 Å². The highest BCUT2D eigenvalue weighted by molar-refractivity contribution is 5.89. The number of oxazole rings is 1. The molecule has 4 rings (SSSR count). The van der Waals surface area contributed by atoms with Gasteiger partial charge < -0.3 is 9.32 Å². The summed E-state index contributed by atoms with van der Waals surface area (Å²) in [6.45, 7) is 7.75. The van der Waals surface area contributed by atoms with Crippen molar-refractivity contribution in [2.45, 2.75) is 46.2 Å². The Morgan fingerprint density at radius 2 is 2.22 bits per heavy atom. The minimum absolute atomic E-state index is 0.0864. The molecule has 5 nitrogen and oxygen atoms in total. The monoisotopic (exact) mass is 371 g/mol. The van der Waals surface area contributed by atoms with Gasteiger partial charge in [0.25, 0.3) is 5.89 Å². The molecule has 27 heavy (non-hydrogen) atoms. The van der Waals surface area contributed by atoms with Crippen molar-refractivity contribution in [3.05, 3.63) is 52.5 Å². The number of benzene rings is 1. The normalized spacial score (nSPS) is 20.6. The Morgan fingerprint density at radius 3 is 3.00 bits per heavy atom. The average Bonchev–Trinajstić information content (AvgIpc) is 3.07. The van der Waals surface area contributed by atoms with Gasteiger partial charge in [-0.1, -0.05) is 19.1 Å². The first kappa shape index (κ1) is 18.2. The highest BCUT2D eigenvalue weighted by Crippen LogP contribution is 2.24. The number of aromatic nitrogens is 1. The molecule has 0 radical (unpaired) electrons. The van der Waals surface area contributed by atoms with E-state index in [1.165, 1.54) is 12.5 Å². The molecule has 0 bridgehead atoms. The molecule has 1 aromatic heterocycles. The predicted molar refractivity (Wildman–Crippen MR) is 99.8 cm³/mol. The van der Waals surface area contributed by atoms with Crippen LogP contribution in [0.3, 0.4) is 0 Å². The van der Waals surface area contributed by atoms with Gasteiger partial charge in [0.2, 0.25) is 0 Å². The molecule has 0 saturated carbocycles. The summed E-state index contributed by atoms with van der Waals surface area (Å²) >= 11 is 0. The highest BCUT2D eigenvalue weighted by atomic mass is 19.1. The molecule has 0 aliphatic carbocycles. The first-order valence-corrected chi connectivity index (χ1v) is 9.75. The second kappa shape index (κ2) is 7.43. The average molecular weight is 371 g/mol. The second-order valence-electron chi connectivity index (χ2n) is 7.93. The van der Waals surface area contributed by atoms with Gasteiger partial charge in [-0.25, -0.2) is 9.37 Å². The van der Waals surface area contributed by atoms with E-state index in [9.17, 15) is 9.18 Å². The van der Waals surface area contributed by atoms with Crippen molar-refractivity contribution < 1.29 is 13.6 Å². The zero-order chi connectivity index (χ0) is 19.0. The summed E-state index contributed by atoms with van der Waals surface area (Å²) < 4.78 is 19.3. The summed E-state index contributed by atoms with van der Waals surface area (Å²) in [4.78, 5) is 21.4. The lowest BCUT2D eigenvalue weighted by molar-refractivity contribution is 0.0640. The summed E-state index contributed by atoms with van der Waals surface area (Å²) in [7, 11) is 0. The lowest BCUT2D eigenvalue weighted by Gasteiger charge is -2.29. The summed E-state index contributed by atoms with van der Waals surface area (Å²) in [5.41, 5.74) is 2.60. The first-order valence-electron chi connectivity index (χ1n) is 9.75. The molecule has 0 unspecified atom stereocenters. The molecule has 1 fully saturated rings. The van der Waals surface area contributed by atoms with Gasteiger partial charge in [0.05, 0.1) is 5.69 Å². The maximum absolute atomic E-state index is 13.5. The Labute approximate surface area is 159 Å². The standard InChI is InChI=1S/C21H26FN3O2/c1-14-4-3-8-25(11-14)21(26)20-23-18-13-24(9-7-19(18)27-20)12-16-5-6-17(22)15(2)10-16/h5-6,10,14H,3-4,7-9,11-13H2,1-2H3/t14-/m0/s1. The SMILES string of the molecule is Cc1cc(CN2CCc3oc(C(=O)N4CCC[C@H](C)C4)nc3C2)ccc1F. The summed E-state index contributed by atoms with van der Waals surface area (Å²) in [6.07, 6.45) is 2.95. The van der Waals surface area contributed by atoms with Crippen molar-refractivity contribution in [3.63, 3.8) is 0 Å². The van der Waals surface area contributed by atoms with E-state index in [1.54, 1.807) is 6.92 Å². The topological polar surface area (TPSA) is 49.6 Å². The highest BCUT2D eigenvalue weighted by Gasteiger charge is 2.29. The molecule has 0 N–H and O–H groups in total. The number of carbonyl (C=O) groups is 1. The quantitative estimate of drug-likeness (QED) is 0.828. The number of hydrogen-bond acceptors (Lipinski definition) is 4. The lowest BCUT2D eigenvalue weighted by atomic mass is 10.0. The van der Waals surface area contributed by atoms with E-state index in [4.69, 9.17) is 4.42 Å². The van der Waals surface area contributed by atoms with E-state index in [1.807, 2.05) is 17.0 Å². The largest absolute Gasteiger partial charge is 0.437 e. The minimum Gasteiger partial charge on any atom is -0.437 e. The summed E-state index contributed by atoms with van der Waals surface area (Å²) in [5, 5.41) is 0. The Kier molecular flexibility index (Phi) is 5.00. The van der Waals surface area contributed by atoms with Gasteiger partial charge >= 0.3 is 5.91 Å². The molecule has 1 saturated heterocycles. The molecular formula is C21H26FN3O2. The second-order valence-corrected chi connectivity index (χ2v) is 7.93. The number of aryl methyl sites for hydroxylation is 1. The molecule has 2 aliphatic heterocycles. The Bertz CT molecular complexity index is 848. The summed E-state index contributed by atoms with van der Waals surface area (Å²) in [5.74, 6) is 1.33. The zero-order valence-electron chi connectivity index (χ0n) is 16.0. The predicted octanol–water partition coefficient (Wildman–Crippen LogP) is 3.55. The minimum atomic E-state index is -0.175. The molecular weight excluding hydrogens is 345 g/mol. The maximum Gasteiger partial charge on any atom is 0.309 e. The molecule has 1 atom stereocenters. The molecule has 2 aliphatic rings. The van der Waals surface area contributed by atoms with Crippen LogP contribution in [0.1, 0.15) is 53.0 Å². The van der Waals surface area contributed by atoms with Crippen LogP contribution in [0.25, 0.3) is 0 Å². The zero-order valence-corrected chi connectivity index (χ0v) is 16.0. The van der Waals surface area contributed by atoms with Crippen LogP contribution in [0.15, 0.2) is 22.6 Å².